The fraction of sp³-hybridized carbons (Fsp3) is 0.368. The van der Waals surface area contributed by atoms with Gasteiger partial charge in [0, 0.05) is 11.1 Å². The van der Waals surface area contributed by atoms with Crippen LogP contribution in [0.3, 0.4) is 0 Å². The van der Waals surface area contributed by atoms with E-state index in [4.69, 9.17) is 32.7 Å². The summed E-state index contributed by atoms with van der Waals surface area (Å²) in [6, 6.07) is 7.80. The van der Waals surface area contributed by atoms with Gasteiger partial charge in [-0.1, -0.05) is 23.2 Å². The lowest BCUT2D eigenvalue weighted by atomic mass is 10.2. The van der Waals surface area contributed by atoms with Gasteiger partial charge in [-0.05, 0) is 62.4 Å². The van der Waals surface area contributed by atoms with Crippen molar-refractivity contribution >= 4 is 38.9 Å². The third-order valence-corrected chi connectivity index (χ3v) is 6.77. The van der Waals surface area contributed by atoms with Crippen LogP contribution >= 0.6 is 23.2 Å². The van der Waals surface area contributed by atoms with Crippen molar-refractivity contribution in [3.05, 3.63) is 45.9 Å². The molecule has 27 heavy (non-hydrogen) atoms. The van der Waals surface area contributed by atoms with Gasteiger partial charge >= 0.3 is 0 Å². The number of aryl methyl sites for hydroxylation is 1. The van der Waals surface area contributed by atoms with Gasteiger partial charge in [-0.2, -0.15) is 0 Å². The maximum Gasteiger partial charge on any atom is 0.263 e. The van der Waals surface area contributed by atoms with E-state index in [2.05, 4.69) is 4.72 Å². The second-order valence-electron chi connectivity index (χ2n) is 6.53. The Morgan fingerprint density at radius 3 is 2.41 bits per heavy atom. The van der Waals surface area contributed by atoms with Crippen LogP contribution in [-0.4, -0.2) is 21.6 Å². The van der Waals surface area contributed by atoms with Gasteiger partial charge in [-0.25, -0.2) is 8.42 Å². The highest BCUT2D eigenvalue weighted by Crippen LogP contribution is 2.35. The van der Waals surface area contributed by atoms with Gasteiger partial charge in [0.2, 0.25) is 0 Å². The van der Waals surface area contributed by atoms with Crippen molar-refractivity contribution in [2.24, 2.45) is 0 Å². The van der Waals surface area contributed by atoms with Crippen molar-refractivity contribution in [1.82, 2.24) is 0 Å². The molecule has 0 radical (unpaired) electrons. The molecule has 5 nitrogen and oxygen atoms in total. The second-order valence-corrected chi connectivity index (χ2v) is 8.99. The number of sulfonamides is 1. The van der Waals surface area contributed by atoms with E-state index in [1.807, 2.05) is 0 Å². The molecule has 2 aromatic carbocycles. The maximum absolute atomic E-state index is 12.8. The summed E-state index contributed by atoms with van der Waals surface area (Å²) in [5.41, 5.74) is 0.994. The Balaban J connectivity index is 1.89. The molecule has 1 aliphatic carbocycles. The van der Waals surface area contributed by atoms with Crippen molar-refractivity contribution in [3.63, 3.8) is 0 Å². The lowest BCUT2D eigenvalue weighted by Crippen LogP contribution is -2.15. The van der Waals surface area contributed by atoms with Crippen LogP contribution in [0.2, 0.25) is 10.0 Å². The molecular weight excluding hydrogens is 409 g/mol. The fourth-order valence-electron chi connectivity index (χ4n) is 3.06. The lowest BCUT2D eigenvalue weighted by molar-refractivity contribution is 0.201. The summed E-state index contributed by atoms with van der Waals surface area (Å²) in [7, 11) is -2.33. The Morgan fingerprint density at radius 1 is 1.04 bits per heavy atom. The molecule has 0 aromatic heterocycles. The fourth-order valence-corrected chi connectivity index (χ4v) is 4.95. The van der Waals surface area contributed by atoms with E-state index in [-0.39, 0.29) is 16.0 Å². The lowest BCUT2D eigenvalue weighted by Gasteiger charge is -2.17. The van der Waals surface area contributed by atoms with Crippen molar-refractivity contribution < 1.29 is 17.9 Å². The van der Waals surface area contributed by atoms with Crippen LogP contribution < -0.4 is 14.2 Å². The largest absolute Gasteiger partial charge is 0.493 e. The summed E-state index contributed by atoms with van der Waals surface area (Å²) >= 11 is 12.1. The minimum absolute atomic E-state index is 0.0276. The number of hydrogen-bond donors (Lipinski definition) is 1. The molecule has 1 saturated carbocycles. The molecule has 1 fully saturated rings. The molecule has 3 rings (SSSR count). The first-order valence-electron chi connectivity index (χ1n) is 8.63. The molecule has 0 atom stereocenters. The first-order valence-corrected chi connectivity index (χ1v) is 10.9. The summed E-state index contributed by atoms with van der Waals surface area (Å²) < 4.78 is 39.5. The normalized spacial score (nSPS) is 15.0. The van der Waals surface area contributed by atoms with E-state index in [1.165, 1.54) is 12.1 Å². The van der Waals surface area contributed by atoms with Crippen LogP contribution in [0.4, 0.5) is 5.69 Å². The highest BCUT2D eigenvalue weighted by molar-refractivity contribution is 7.92. The predicted molar refractivity (Wildman–Crippen MR) is 108 cm³/mol. The molecule has 1 N–H and O–H groups in total. The first-order chi connectivity index (χ1) is 12.8. The van der Waals surface area contributed by atoms with Crippen molar-refractivity contribution in [3.8, 4) is 11.5 Å². The van der Waals surface area contributed by atoms with Gasteiger partial charge in [0.15, 0.2) is 11.5 Å². The first kappa shape index (κ1) is 20.1. The Bertz CT molecular complexity index is 941. The Hall–Kier alpha value is -1.63. The second kappa shape index (κ2) is 8.17. The van der Waals surface area contributed by atoms with E-state index < -0.39 is 10.0 Å². The molecule has 146 valence electrons. The van der Waals surface area contributed by atoms with Crippen molar-refractivity contribution in [2.45, 2.75) is 43.6 Å². The molecule has 0 bridgehead atoms. The van der Waals surface area contributed by atoms with Crippen LogP contribution in [0, 0.1) is 6.92 Å². The van der Waals surface area contributed by atoms with E-state index in [1.54, 1.807) is 32.2 Å². The zero-order valence-electron chi connectivity index (χ0n) is 15.1. The number of hydrogen-bond acceptors (Lipinski definition) is 4. The van der Waals surface area contributed by atoms with Crippen LogP contribution in [0.25, 0.3) is 0 Å². The minimum Gasteiger partial charge on any atom is -0.493 e. The van der Waals surface area contributed by atoms with E-state index in [0.29, 0.717) is 27.8 Å². The van der Waals surface area contributed by atoms with Gasteiger partial charge in [-0.15, -0.1) is 0 Å². The molecule has 0 unspecified atom stereocenters. The van der Waals surface area contributed by atoms with Crippen LogP contribution in [0.15, 0.2) is 35.2 Å². The molecular formula is C19H21Cl2NO4S. The van der Waals surface area contributed by atoms with E-state index >= 15 is 0 Å². The summed E-state index contributed by atoms with van der Waals surface area (Å²) in [5, 5.41) is 0.477. The van der Waals surface area contributed by atoms with Crippen LogP contribution in [-0.2, 0) is 10.0 Å². The molecule has 1 aliphatic rings. The zero-order valence-corrected chi connectivity index (χ0v) is 17.4. The smallest absolute Gasteiger partial charge is 0.263 e. The average Bonchev–Trinajstić information content (AvgIpc) is 3.11. The number of rotatable bonds is 6. The van der Waals surface area contributed by atoms with E-state index in [9.17, 15) is 8.42 Å². The van der Waals surface area contributed by atoms with Gasteiger partial charge in [0.25, 0.3) is 10.0 Å². The number of benzene rings is 2. The summed E-state index contributed by atoms with van der Waals surface area (Å²) in [6.45, 7) is 1.72. The highest BCUT2D eigenvalue weighted by Gasteiger charge is 2.22. The molecule has 0 heterocycles. The van der Waals surface area contributed by atoms with Crippen LogP contribution in [0.5, 0.6) is 11.5 Å². The third-order valence-electron chi connectivity index (χ3n) is 4.51. The van der Waals surface area contributed by atoms with Gasteiger partial charge in [0.05, 0.1) is 23.9 Å². The molecule has 0 aliphatic heterocycles. The third kappa shape index (κ3) is 4.62. The molecule has 0 spiro atoms. The standard InChI is InChI=1S/C19H21Cl2NO4S/c1-12-9-19(16(21)11-15(12)20)27(23,24)22-13-7-8-17(25-2)18(10-13)26-14-5-3-4-6-14/h7-11,14,22H,3-6H2,1-2H3. The molecule has 0 saturated heterocycles. The van der Waals surface area contributed by atoms with E-state index in [0.717, 1.165) is 25.7 Å². The number of nitrogens with one attached hydrogen (secondary N) is 1. The zero-order chi connectivity index (χ0) is 19.6. The van der Waals surface area contributed by atoms with Crippen molar-refractivity contribution in [2.75, 3.05) is 11.8 Å². The monoisotopic (exact) mass is 429 g/mol. The number of halogens is 2. The summed E-state index contributed by atoms with van der Waals surface area (Å²) in [4.78, 5) is -0.0276. The number of anilines is 1. The summed E-state index contributed by atoms with van der Waals surface area (Å²) in [5.74, 6) is 1.08. The van der Waals surface area contributed by atoms with Gasteiger partial charge in [-0.3, -0.25) is 4.72 Å². The molecule has 2 aromatic rings. The molecule has 8 heteroatoms. The SMILES string of the molecule is COc1ccc(NS(=O)(=O)c2cc(C)c(Cl)cc2Cl)cc1OC1CCCC1. The number of methoxy groups -OCH3 is 1. The topological polar surface area (TPSA) is 64.6 Å². The van der Waals surface area contributed by atoms with Gasteiger partial charge in [0.1, 0.15) is 4.90 Å². The summed E-state index contributed by atoms with van der Waals surface area (Å²) in [6.07, 6.45) is 4.36. The number of ether oxygens (including phenoxy) is 2. The maximum atomic E-state index is 12.8. The Kier molecular flexibility index (Phi) is 6.08. The predicted octanol–water partition coefficient (Wildman–Crippen LogP) is 5.43. The quantitative estimate of drug-likeness (QED) is 0.664. The van der Waals surface area contributed by atoms with Gasteiger partial charge < -0.3 is 9.47 Å². The Labute approximate surface area is 169 Å². The van der Waals surface area contributed by atoms with Crippen LogP contribution in [0.1, 0.15) is 31.2 Å². The molecule has 0 amide bonds. The minimum atomic E-state index is -3.88. The highest BCUT2D eigenvalue weighted by atomic mass is 35.5. The van der Waals surface area contributed by atoms with Crippen molar-refractivity contribution in [1.29, 1.82) is 0 Å². The Morgan fingerprint density at radius 2 is 1.74 bits per heavy atom. The average molecular weight is 430 g/mol.